The molecule has 0 aliphatic carbocycles. The Balaban J connectivity index is 2.32. The normalized spacial score (nSPS) is 14.0. The van der Waals surface area contributed by atoms with Crippen molar-refractivity contribution in [2.45, 2.75) is 113 Å². The van der Waals surface area contributed by atoms with Gasteiger partial charge in [-0.2, -0.15) is 0 Å². The van der Waals surface area contributed by atoms with Crippen molar-refractivity contribution in [3.63, 3.8) is 0 Å². The predicted octanol–water partition coefficient (Wildman–Crippen LogP) is 7.35. The predicted molar refractivity (Wildman–Crippen MR) is 210 cm³/mol. The number of benzene rings is 2. The number of hydrogen-bond acceptors (Lipinski definition) is 9. The van der Waals surface area contributed by atoms with E-state index in [2.05, 4.69) is 53.1 Å². The molecular weight excluding hydrogens is 715 g/mol. The summed E-state index contributed by atoms with van der Waals surface area (Å²) in [5, 5.41) is 8.36. The molecule has 3 unspecified atom stereocenters. The molecule has 3 amide bonds. The van der Waals surface area contributed by atoms with Crippen LogP contribution in [-0.4, -0.2) is 65.2 Å². The third-order valence-electron chi connectivity index (χ3n) is 8.37. The molecule has 0 aliphatic rings. The first-order valence-corrected chi connectivity index (χ1v) is 20.1. The fourth-order valence-electron chi connectivity index (χ4n) is 5.64. The van der Waals surface area contributed by atoms with Crippen molar-refractivity contribution >= 4 is 48.8 Å². The van der Waals surface area contributed by atoms with Crippen molar-refractivity contribution < 1.29 is 47.5 Å². The van der Waals surface area contributed by atoms with Crippen molar-refractivity contribution in [1.29, 1.82) is 0 Å². The zero-order valence-corrected chi connectivity index (χ0v) is 34.4. The smallest absolute Gasteiger partial charge is 0.425 e. The van der Waals surface area contributed by atoms with Crippen LogP contribution in [0.5, 0.6) is 0 Å². The van der Waals surface area contributed by atoms with Gasteiger partial charge in [-0.25, -0.2) is 14.2 Å². The summed E-state index contributed by atoms with van der Waals surface area (Å²) in [5.74, 6) is -2.96. The number of carbonyl (C=O) groups is 4. The van der Waals surface area contributed by atoms with Gasteiger partial charge in [0, 0.05) is 24.7 Å². The van der Waals surface area contributed by atoms with Gasteiger partial charge >= 0.3 is 25.8 Å². The Hall–Kier alpha value is -3.97. The number of anilines is 3. The van der Waals surface area contributed by atoms with Gasteiger partial charge < -0.3 is 40.1 Å². The van der Waals surface area contributed by atoms with E-state index in [4.69, 9.17) is 19.3 Å². The van der Waals surface area contributed by atoms with E-state index < -0.39 is 62.0 Å². The van der Waals surface area contributed by atoms with E-state index in [0.29, 0.717) is 29.6 Å². The van der Waals surface area contributed by atoms with E-state index in [9.17, 15) is 23.7 Å². The third kappa shape index (κ3) is 15.8. The summed E-state index contributed by atoms with van der Waals surface area (Å²) < 4.78 is 26.9. The minimum atomic E-state index is -4.95. The topological polar surface area (TPSA) is 193 Å². The summed E-state index contributed by atoms with van der Waals surface area (Å²) >= 11 is 0. The maximum absolute atomic E-state index is 13.4. The highest BCUT2D eigenvalue weighted by Gasteiger charge is 2.34. The van der Waals surface area contributed by atoms with Crippen LogP contribution >= 0.6 is 7.82 Å². The number of rotatable bonds is 20. The average Bonchev–Trinajstić information content (AvgIpc) is 3.04. The molecule has 4 atom stereocenters. The minimum absolute atomic E-state index is 0.0467. The Kier molecular flexibility index (Phi) is 18.1. The molecule has 302 valence electrons. The highest BCUT2D eigenvalue weighted by molar-refractivity contribution is 7.46. The number of aryl methyl sites for hydroxylation is 1. The standard InChI is InChI=1S/C39H61N4O10P/c1-12-29(20-34(44)51-38(26(8)9)52-37(46)35(25(6)7)42-36(45)28(11)53-54(48,49)50)30-15-18-33(43(21-23(2)3)22-24(4)5)32(19-30)41-39(47)40-31-16-13-27(10)14-17-31/h13-19,23-26,28-29,35,38H,12,20-22H2,1-11H3,(H,42,45)(H2,40,41,47)(H2,48,49,50)/t28?,29-,35?,38?/m0/s1. The summed E-state index contributed by atoms with van der Waals surface area (Å²) in [6.45, 7) is 21.9. The number of urea groups is 1. The number of carbonyl (C=O) groups excluding carboxylic acids is 4. The van der Waals surface area contributed by atoms with Gasteiger partial charge in [-0.1, -0.05) is 86.1 Å². The molecule has 0 saturated heterocycles. The van der Waals surface area contributed by atoms with Gasteiger partial charge in [0.25, 0.3) is 0 Å². The van der Waals surface area contributed by atoms with E-state index in [0.717, 1.165) is 36.8 Å². The lowest BCUT2D eigenvalue weighted by molar-refractivity contribution is -0.198. The number of ether oxygens (including phenoxy) is 2. The van der Waals surface area contributed by atoms with Crippen molar-refractivity contribution in [3.8, 4) is 0 Å². The number of phosphoric ester groups is 1. The molecule has 0 saturated carbocycles. The number of esters is 2. The van der Waals surface area contributed by atoms with Gasteiger partial charge in [-0.3, -0.25) is 14.1 Å². The van der Waals surface area contributed by atoms with Crippen molar-refractivity contribution in [3.05, 3.63) is 53.6 Å². The molecule has 5 N–H and O–H groups in total. The van der Waals surface area contributed by atoms with E-state index in [-0.39, 0.29) is 12.3 Å². The summed E-state index contributed by atoms with van der Waals surface area (Å²) in [5.41, 5.74) is 3.99. The van der Waals surface area contributed by atoms with Gasteiger partial charge in [0.15, 0.2) is 0 Å². The van der Waals surface area contributed by atoms with Crippen molar-refractivity contribution in [2.75, 3.05) is 28.6 Å². The van der Waals surface area contributed by atoms with Crippen LogP contribution in [0.25, 0.3) is 0 Å². The number of amides is 3. The summed E-state index contributed by atoms with van der Waals surface area (Å²) in [7, 11) is -4.95. The van der Waals surface area contributed by atoms with E-state index >= 15 is 0 Å². The van der Waals surface area contributed by atoms with Crippen LogP contribution in [0, 0.1) is 30.6 Å². The molecule has 0 heterocycles. The Morgan fingerprint density at radius 2 is 1.41 bits per heavy atom. The van der Waals surface area contributed by atoms with Crippen molar-refractivity contribution in [2.24, 2.45) is 23.7 Å². The molecular formula is C39H61N4O10P. The van der Waals surface area contributed by atoms with Crippen molar-refractivity contribution in [1.82, 2.24) is 5.32 Å². The Morgan fingerprint density at radius 3 is 1.91 bits per heavy atom. The molecule has 0 radical (unpaired) electrons. The maximum atomic E-state index is 13.4. The molecule has 2 aromatic carbocycles. The minimum Gasteiger partial charge on any atom is -0.425 e. The lowest BCUT2D eigenvalue weighted by Crippen LogP contribution is -2.50. The van der Waals surface area contributed by atoms with E-state index in [1.165, 1.54) is 0 Å². The average molecular weight is 777 g/mol. The summed E-state index contributed by atoms with van der Waals surface area (Å²) in [4.78, 5) is 72.9. The summed E-state index contributed by atoms with van der Waals surface area (Å²) in [6, 6.07) is 11.7. The first-order valence-electron chi connectivity index (χ1n) is 18.6. The fraction of sp³-hybridized carbons (Fsp3) is 0.590. The van der Waals surface area contributed by atoms with Crippen LogP contribution in [0.15, 0.2) is 42.5 Å². The number of phosphoric acid groups is 1. The number of nitrogens with one attached hydrogen (secondary N) is 3. The molecule has 15 heteroatoms. The van der Waals surface area contributed by atoms with E-state index in [1.54, 1.807) is 27.7 Å². The van der Waals surface area contributed by atoms with Crippen LogP contribution in [0.1, 0.15) is 99.1 Å². The van der Waals surface area contributed by atoms with Crippen LogP contribution < -0.4 is 20.9 Å². The SMILES string of the molecule is CC[C@@H](CC(=O)OC(OC(=O)C(NC(=O)C(C)OP(=O)(O)O)C(C)C)C(C)C)c1ccc(N(CC(C)C)CC(C)C)c(NC(=O)Nc2ccc(C)cc2)c1. The highest BCUT2D eigenvalue weighted by Crippen LogP contribution is 2.37. The molecule has 2 aromatic rings. The second-order valence-electron chi connectivity index (χ2n) is 15.2. The van der Waals surface area contributed by atoms with Crippen LogP contribution in [0.3, 0.4) is 0 Å². The zero-order valence-electron chi connectivity index (χ0n) is 33.5. The lowest BCUT2D eigenvalue weighted by atomic mass is 9.92. The van der Waals surface area contributed by atoms with Gasteiger partial charge in [-0.05, 0) is 73.8 Å². The van der Waals surface area contributed by atoms with Crippen LogP contribution in [0.2, 0.25) is 0 Å². The first-order chi connectivity index (χ1) is 25.1. The van der Waals surface area contributed by atoms with E-state index in [1.807, 2.05) is 56.3 Å². The monoisotopic (exact) mass is 776 g/mol. The zero-order chi connectivity index (χ0) is 40.9. The highest BCUT2D eigenvalue weighted by atomic mass is 31.2. The molecule has 0 spiro atoms. The molecule has 0 aliphatic heterocycles. The van der Waals surface area contributed by atoms with Gasteiger partial charge in [0.1, 0.15) is 12.1 Å². The lowest BCUT2D eigenvalue weighted by Gasteiger charge is -2.31. The number of hydrogen-bond donors (Lipinski definition) is 5. The quantitative estimate of drug-likeness (QED) is 0.0513. The number of nitrogens with zero attached hydrogens (tertiary/aromatic N) is 1. The molecule has 0 aromatic heterocycles. The molecule has 0 fully saturated rings. The second-order valence-corrected chi connectivity index (χ2v) is 16.4. The summed E-state index contributed by atoms with van der Waals surface area (Å²) in [6.07, 6.45) is -2.32. The Morgan fingerprint density at radius 1 is 0.815 bits per heavy atom. The van der Waals surface area contributed by atoms with Gasteiger partial charge in [-0.15, -0.1) is 0 Å². The molecule has 14 nitrogen and oxygen atoms in total. The molecule has 2 rings (SSSR count). The molecule has 54 heavy (non-hydrogen) atoms. The first kappa shape index (κ1) is 46.2. The van der Waals surface area contributed by atoms with Gasteiger partial charge in [0.2, 0.25) is 12.2 Å². The van der Waals surface area contributed by atoms with Crippen LogP contribution in [-0.2, 0) is 32.9 Å². The largest absolute Gasteiger partial charge is 0.470 e. The van der Waals surface area contributed by atoms with Gasteiger partial charge in [0.05, 0.1) is 17.8 Å². The van der Waals surface area contributed by atoms with Crippen LogP contribution in [0.4, 0.5) is 21.9 Å². The fourth-order valence-corrected chi connectivity index (χ4v) is 6.15. The Bertz CT molecular complexity index is 1580. The third-order valence-corrected chi connectivity index (χ3v) is 8.97. The maximum Gasteiger partial charge on any atom is 0.470 e. The Labute approximate surface area is 320 Å². The molecule has 0 bridgehead atoms. The second kappa shape index (κ2) is 21.2.